The molecule has 0 radical (unpaired) electrons. The molecule has 5 aromatic rings. The van der Waals surface area contributed by atoms with Gasteiger partial charge in [0.15, 0.2) is 0 Å². The maximum absolute atomic E-state index is 10.1. The summed E-state index contributed by atoms with van der Waals surface area (Å²) >= 11 is 1.65. The Morgan fingerprint density at radius 3 is 1.54 bits per heavy atom. The SMILES string of the molecule is Oc1ccc(Sc2ccc3c(c2)C(c2ccc(O)cc2)(c2ccc(O)cc2)c2ccccc2-3)cc1. The van der Waals surface area contributed by atoms with Crippen molar-refractivity contribution in [2.24, 2.45) is 0 Å². The molecular weight excluding hydrogens is 452 g/mol. The van der Waals surface area contributed by atoms with Crippen LogP contribution in [0.4, 0.5) is 0 Å². The van der Waals surface area contributed by atoms with Crippen molar-refractivity contribution >= 4 is 11.8 Å². The second-order valence-corrected chi connectivity index (χ2v) is 9.84. The largest absolute Gasteiger partial charge is 0.508 e. The summed E-state index contributed by atoms with van der Waals surface area (Å²) in [4.78, 5) is 2.13. The molecule has 0 saturated heterocycles. The molecule has 0 bridgehead atoms. The van der Waals surface area contributed by atoms with Crippen molar-refractivity contribution in [1.29, 1.82) is 0 Å². The van der Waals surface area contributed by atoms with E-state index in [1.165, 1.54) is 5.56 Å². The van der Waals surface area contributed by atoms with Crippen molar-refractivity contribution in [2.75, 3.05) is 0 Å². The molecule has 1 aliphatic rings. The molecule has 0 heterocycles. The standard InChI is InChI=1S/C31H22O3S/c32-22-9-5-20(6-10-22)31(21-7-11-23(33)12-8-21)29-4-2-1-3-27(29)28-18-17-26(19-30(28)31)35-25-15-13-24(34)14-16-25/h1-19,32-34H. The van der Waals surface area contributed by atoms with Crippen molar-refractivity contribution in [3.8, 4) is 28.4 Å². The number of hydrogen-bond acceptors (Lipinski definition) is 4. The predicted molar refractivity (Wildman–Crippen MR) is 139 cm³/mol. The van der Waals surface area contributed by atoms with E-state index in [0.29, 0.717) is 0 Å². The summed E-state index contributed by atoms with van der Waals surface area (Å²) in [5.74, 6) is 0.688. The second kappa shape index (κ2) is 8.26. The first kappa shape index (κ1) is 21.4. The number of phenolic OH excluding ortho intramolecular Hbond substituents is 3. The quantitative estimate of drug-likeness (QED) is 0.251. The molecule has 0 fully saturated rings. The Bertz CT molecular complexity index is 1480. The number of phenols is 3. The third-order valence-electron chi connectivity index (χ3n) is 6.69. The first-order valence-electron chi connectivity index (χ1n) is 11.4. The minimum atomic E-state index is -0.612. The molecule has 0 aliphatic heterocycles. The van der Waals surface area contributed by atoms with Crippen LogP contribution in [0.15, 0.2) is 125 Å². The summed E-state index contributed by atoms with van der Waals surface area (Å²) in [6.07, 6.45) is 0. The van der Waals surface area contributed by atoms with Crippen LogP contribution in [0.25, 0.3) is 11.1 Å². The van der Waals surface area contributed by atoms with E-state index in [4.69, 9.17) is 0 Å². The van der Waals surface area contributed by atoms with Gasteiger partial charge in [-0.2, -0.15) is 0 Å². The van der Waals surface area contributed by atoms with Crippen LogP contribution in [-0.4, -0.2) is 15.3 Å². The molecule has 4 heteroatoms. The molecule has 35 heavy (non-hydrogen) atoms. The van der Waals surface area contributed by atoms with Gasteiger partial charge in [0, 0.05) is 9.79 Å². The fourth-order valence-corrected chi connectivity index (χ4v) is 6.04. The van der Waals surface area contributed by atoms with Crippen LogP contribution in [0.3, 0.4) is 0 Å². The fourth-order valence-electron chi connectivity index (χ4n) is 5.18. The van der Waals surface area contributed by atoms with Gasteiger partial charge in [0.2, 0.25) is 0 Å². The normalized spacial score (nSPS) is 13.3. The van der Waals surface area contributed by atoms with Crippen LogP contribution in [0, 0.1) is 0 Å². The van der Waals surface area contributed by atoms with Gasteiger partial charge in [0.1, 0.15) is 17.2 Å². The summed E-state index contributed by atoms with van der Waals surface area (Å²) in [7, 11) is 0. The van der Waals surface area contributed by atoms with E-state index in [2.05, 4.69) is 42.5 Å². The molecule has 3 N–H and O–H groups in total. The minimum Gasteiger partial charge on any atom is -0.508 e. The minimum absolute atomic E-state index is 0.220. The van der Waals surface area contributed by atoms with Crippen LogP contribution in [0.5, 0.6) is 17.2 Å². The highest BCUT2D eigenvalue weighted by Crippen LogP contribution is 2.57. The highest BCUT2D eigenvalue weighted by molar-refractivity contribution is 7.99. The van der Waals surface area contributed by atoms with E-state index < -0.39 is 5.41 Å². The van der Waals surface area contributed by atoms with Gasteiger partial charge in [-0.15, -0.1) is 0 Å². The van der Waals surface area contributed by atoms with E-state index in [1.807, 2.05) is 36.4 Å². The van der Waals surface area contributed by atoms with Crippen LogP contribution in [0.1, 0.15) is 22.3 Å². The predicted octanol–water partition coefficient (Wildman–Crippen LogP) is 7.32. The smallest absolute Gasteiger partial charge is 0.115 e. The van der Waals surface area contributed by atoms with Gasteiger partial charge in [-0.25, -0.2) is 0 Å². The molecule has 3 nitrogen and oxygen atoms in total. The lowest BCUT2D eigenvalue weighted by molar-refractivity contribution is 0.474. The van der Waals surface area contributed by atoms with E-state index in [-0.39, 0.29) is 17.2 Å². The molecule has 0 unspecified atom stereocenters. The molecule has 0 aromatic heterocycles. The molecule has 0 spiro atoms. The fraction of sp³-hybridized carbons (Fsp3) is 0.0323. The van der Waals surface area contributed by atoms with Crippen LogP contribution < -0.4 is 0 Å². The number of hydrogen-bond donors (Lipinski definition) is 3. The lowest BCUT2D eigenvalue weighted by Crippen LogP contribution is -2.28. The van der Waals surface area contributed by atoms with Crippen LogP contribution in [-0.2, 0) is 5.41 Å². The zero-order valence-corrected chi connectivity index (χ0v) is 19.5. The second-order valence-electron chi connectivity index (χ2n) is 8.69. The monoisotopic (exact) mass is 474 g/mol. The van der Waals surface area contributed by atoms with E-state index in [9.17, 15) is 15.3 Å². The van der Waals surface area contributed by atoms with Gasteiger partial charge < -0.3 is 15.3 Å². The van der Waals surface area contributed by atoms with Gasteiger partial charge in [-0.3, -0.25) is 0 Å². The summed E-state index contributed by atoms with van der Waals surface area (Å²) in [5, 5.41) is 29.8. The lowest BCUT2D eigenvalue weighted by Gasteiger charge is -2.34. The maximum Gasteiger partial charge on any atom is 0.115 e. The Morgan fingerprint density at radius 2 is 0.943 bits per heavy atom. The summed E-state index contributed by atoms with van der Waals surface area (Å²) in [5.41, 5.74) is 6.12. The summed E-state index contributed by atoms with van der Waals surface area (Å²) < 4.78 is 0. The topological polar surface area (TPSA) is 60.7 Å². The average Bonchev–Trinajstić information content (AvgIpc) is 3.17. The van der Waals surface area contributed by atoms with E-state index in [0.717, 1.165) is 37.6 Å². The van der Waals surface area contributed by atoms with Crippen molar-refractivity contribution in [2.45, 2.75) is 15.2 Å². The number of rotatable bonds is 4. The highest BCUT2D eigenvalue weighted by Gasteiger charge is 2.46. The average molecular weight is 475 g/mol. The maximum atomic E-state index is 10.1. The van der Waals surface area contributed by atoms with E-state index in [1.54, 1.807) is 48.2 Å². The van der Waals surface area contributed by atoms with Crippen LogP contribution >= 0.6 is 11.8 Å². The van der Waals surface area contributed by atoms with Crippen molar-refractivity contribution in [3.05, 3.63) is 138 Å². The Balaban J connectivity index is 1.63. The highest BCUT2D eigenvalue weighted by atomic mass is 32.2. The third kappa shape index (κ3) is 3.46. The number of fused-ring (bicyclic) bond motifs is 3. The molecule has 6 rings (SSSR count). The van der Waals surface area contributed by atoms with Crippen molar-refractivity contribution in [1.82, 2.24) is 0 Å². The Kier molecular flexibility index (Phi) is 5.05. The Morgan fingerprint density at radius 1 is 0.457 bits per heavy atom. The van der Waals surface area contributed by atoms with Gasteiger partial charge in [-0.05, 0) is 94.0 Å². The molecule has 170 valence electrons. The zero-order valence-electron chi connectivity index (χ0n) is 18.7. The van der Waals surface area contributed by atoms with Gasteiger partial charge in [0.05, 0.1) is 5.41 Å². The summed E-state index contributed by atoms with van der Waals surface area (Å²) in [6.45, 7) is 0. The van der Waals surface area contributed by atoms with Crippen LogP contribution in [0.2, 0.25) is 0 Å². The molecule has 0 saturated carbocycles. The molecule has 0 amide bonds. The summed E-state index contributed by atoms with van der Waals surface area (Å²) in [6, 6.07) is 37.1. The number of aromatic hydroxyl groups is 3. The zero-order chi connectivity index (χ0) is 24.0. The first-order chi connectivity index (χ1) is 17.1. The molecular formula is C31H22O3S. The number of benzene rings is 5. The molecule has 5 aromatic carbocycles. The Labute approximate surface area is 208 Å². The Hall–Kier alpha value is -4.15. The van der Waals surface area contributed by atoms with Crippen molar-refractivity contribution in [3.63, 3.8) is 0 Å². The third-order valence-corrected chi connectivity index (χ3v) is 7.69. The molecule has 1 aliphatic carbocycles. The molecule has 0 atom stereocenters. The van der Waals surface area contributed by atoms with Gasteiger partial charge in [-0.1, -0.05) is 66.4 Å². The van der Waals surface area contributed by atoms with Crippen molar-refractivity contribution < 1.29 is 15.3 Å². The van der Waals surface area contributed by atoms with Gasteiger partial charge >= 0.3 is 0 Å². The van der Waals surface area contributed by atoms with E-state index >= 15 is 0 Å². The van der Waals surface area contributed by atoms with Gasteiger partial charge in [0.25, 0.3) is 0 Å². The first-order valence-corrected chi connectivity index (χ1v) is 12.2. The lowest BCUT2D eigenvalue weighted by atomic mass is 9.67.